The highest BCUT2D eigenvalue weighted by molar-refractivity contribution is 7.07. The van der Waals surface area contributed by atoms with Crippen LogP contribution in [0.3, 0.4) is 0 Å². The van der Waals surface area contributed by atoms with Gasteiger partial charge in [-0.3, -0.25) is 4.79 Å². The van der Waals surface area contributed by atoms with Gasteiger partial charge in [-0.05, 0) is 37.2 Å². The van der Waals surface area contributed by atoms with Crippen molar-refractivity contribution in [3.63, 3.8) is 0 Å². The molecule has 2 rings (SSSR count). The van der Waals surface area contributed by atoms with Crippen LogP contribution in [0, 0.1) is 12.8 Å². The van der Waals surface area contributed by atoms with Crippen LogP contribution in [0.4, 0.5) is 0 Å². The number of piperidine rings is 1. The summed E-state index contributed by atoms with van der Waals surface area (Å²) in [5.74, 6) is 0.614. The molecule has 1 aromatic rings. The summed E-state index contributed by atoms with van der Waals surface area (Å²) in [6.07, 6.45) is 3.75. The molecule has 0 saturated carbocycles. The Hall–Kier alpha value is -1.27. The van der Waals surface area contributed by atoms with Crippen LogP contribution in [0.15, 0.2) is 12.7 Å². The zero-order valence-corrected chi connectivity index (χ0v) is 12.0. The molecule has 0 aromatic carbocycles. The predicted molar refractivity (Wildman–Crippen MR) is 74.3 cm³/mol. The van der Waals surface area contributed by atoms with Gasteiger partial charge in [-0.1, -0.05) is 10.6 Å². The largest absolute Gasteiger partial charge is 0.377 e. The van der Waals surface area contributed by atoms with Gasteiger partial charge < -0.3 is 9.64 Å². The van der Waals surface area contributed by atoms with Crippen LogP contribution in [0.5, 0.6) is 0 Å². The lowest BCUT2D eigenvalue weighted by molar-refractivity contribution is 0.0579. The Labute approximate surface area is 117 Å². The lowest BCUT2D eigenvalue weighted by Crippen LogP contribution is -2.39. The number of amides is 1. The quantitative estimate of drug-likeness (QED) is 0.611. The summed E-state index contributed by atoms with van der Waals surface area (Å²) in [4.78, 5) is 14.8. The lowest BCUT2D eigenvalue weighted by Gasteiger charge is -2.31. The molecule has 0 radical (unpaired) electrons. The smallest absolute Gasteiger partial charge is 0.267 e. The summed E-state index contributed by atoms with van der Waals surface area (Å²) in [6, 6.07) is 0. The molecule has 0 N–H and O–H groups in total. The van der Waals surface area contributed by atoms with E-state index in [4.69, 9.17) is 4.74 Å². The average molecular weight is 281 g/mol. The highest BCUT2D eigenvalue weighted by Crippen LogP contribution is 2.21. The molecule has 6 heteroatoms. The number of hydrogen-bond donors (Lipinski definition) is 0. The average Bonchev–Trinajstić information content (AvgIpc) is 2.85. The minimum atomic E-state index is 0.0676. The molecule has 0 unspecified atom stereocenters. The number of rotatable bonds is 5. The van der Waals surface area contributed by atoms with Gasteiger partial charge in [-0.25, -0.2) is 0 Å². The molecule has 1 amide bonds. The Bertz CT molecular complexity index is 439. The molecule has 1 fully saturated rings. The van der Waals surface area contributed by atoms with Crippen molar-refractivity contribution in [1.29, 1.82) is 0 Å². The second kappa shape index (κ2) is 6.77. The summed E-state index contributed by atoms with van der Waals surface area (Å²) in [7, 11) is 0. The third-order valence-corrected chi connectivity index (χ3v) is 4.15. The van der Waals surface area contributed by atoms with E-state index >= 15 is 0 Å². The number of aryl methyl sites for hydroxylation is 1. The van der Waals surface area contributed by atoms with Crippen LogP contribution >= 0.6 is 11.5 Å². The monoisotopic (exact) mass is 281 g/mol. The van der Waals surface area contributed by atoms with Crippen LogP contribution < -0.4 is 0 Å². The SMILES string of the molecule is C=CCOCC1CCN(C(=O)c2snnc2C)CC1. The van der Waals surface area contributed by atoms with Crippen molar-refractivity contribution in [1.82, 2.24) is 14.5 Å². The van der Waals surface area contributed by atoms with Crippen LogP contribution in [0.2, 0.25) is 0 Å². The van der Waals surface area contributed by atoms with E-state index in [0.29, 0.717) is 17.4 Å². The minimum absolute atomic E-state index is 0.0676. The molecule has 0 spiro atoms. The van der Waals surface area contributed by atoms with Gasteiger partial charge in [-0.15, -0.1) is 11.7 Å². The molecule has 1 aliphatic rings. The van der Waals surface area contributed by atoms with Gasteiger partial charge in [0.05, 0.1) is 12.3 Å². The second-order valence-electron chi connectivity index (χ2n) is 4.75. The first kappa shape index (κ1) is 14.1. The standard InChI is InChI=1S/C13H19N3O2S/c1-3-8-18-9-11-4-6-16(7-5-11)13(17)12-10(2)14-15-19-12/h3,11H,1,4-9H2,2H3. The number of carbonyl (C=O) groups excluding carboxylic acids is 1. The highest BCUT2D eigenvalue weighted by Gasteiger charge is 2.25. The second-order valence-corrected chi connectivity index (χ2v) is 5.50. The first-order valence-corrected chi connectivity index (χ1v) is 7.26. The van der Waals surface area contributed by atoms with E-state index < -0.39 is 0 Å². The van der Waals surface area contributed by atoms with E-state index in [1.54, 1.807) is 6.08 Å². The maximum atomic E-state index is 12.3. The van der Waals surface area contributed by atoms with Crippen molar-refractivity contribution < 1.29 is 9.53 Å². The van der Waals surface area contributed by atoms with Crippen molar-refractivity contribution in [3.05, 3.63) is 23.2 Å². The van der Waals surface area contributed by atoms with E-state index in [0.717, 1.165) is 38.2 Å². The Morgan fingerprint density at radius 2 is 2.32 bits per heavy atom. The van der Waals surface area contributed by atoms with Gasteiger partial charge in [0.2, 0.25) is 0 Å². The molecule has 0 bridgehead atoms. The molecule has 2 heterocycles. The fourth-order valence-corrected chi connectivity index (χ4v) is 2.82. The van der Waals surface area contributed by atoms with Crippen molar-refractivity contribution in [2.24, 2.45) is 5.92 Å². The number of likely N-dealkylation sites (tertiary alicyclic amines) is 1. The Morgan fingerprint density at radius 1 is 1.58 bits per heavy atom. The van der Waals surface area contributed by atoms with Crippen LogP contribution in [0.25, 0.3) is 0 Å². The summed E-state index contributed by atoms with van der Waals surface area (Å²) in [6.45, 7) is 8.39. The Morgan fingerprint density at radius 3 is 2.89 bits per heavy atom. The molecule has 0 aliphatic carbocycles. The molecule has 0 atom stereocenters. The zero-order valence-electron chi connectivity index (χ0n) is 11.2. The van der Waals surface area contributed by atoms with Gasteiger partial charge in [0.25, 0.3) is 5.91 Å². The first-order chi connectivity index (χ1) is 9.22. The Kier molecular flexibility index (Phi) is 5.04. The number of hydrogen-bond acceptors (Lipinski definition) is 5. The van der Waals surface area contributed by atoms with Gasteiger partial charge in [0.1, 0.15) is 4.88 Å². The van der Waals surface area contributed by atoms with Gasteiger partial charge in [0.15, 0.2) is 0 Å². The Balaban J connectivity index is 1.81. The molecule has 1 saturated heterocycles. The van der Waals surface area contributed by atoms with Crippen molar-refractivity contribution in [2.45, 2.75) is 19.8 Å². The predicted octanol–water partition coefficient (Wildman–Crippen LogP) is 1.90. The van der Waals surface area contributed by atoms with Crippen LogP contribution in [-0.2, 0) is 4.74 Å². The van der Waals surface area contributed by atoms with Gasteiger partial charge in [-0.2, -0.15) is 0 Å². The maximum Gasteiger partial charge on any atom is 0.267 e. The van der Waals surface area contributed by atoms with Crippen LogP contribution in [0.1, 0.15) is 28.2 Å². The third-order valence-electron chi connectivity index (χ3n) is 3.34. The summed E-state index contributed by atoms with van der Waals surface area (Å²) >= 11 is 1.18. The maximum absolute atomic E-state index is 12.3. The zero-order chi connectivity index (χ0) is 13.7. The van der Waals surface area contributed by atoms with E-state index in [2.05, 4.69) is 16.2 Å². The fraction of sp³-hybridized carbons (Fsp3) is 0.615. The minimum Gasteiger partial charge on any atom is -0.377 e. The molecular formula is C13H19N3O2S. The van der Waals surface area contributed by atoms with Crippen molar-refractivity contribution >= 4 is 17.4 Å². The van der Waals surface area contributed by atoms with Crippen LogP contribution in [-0.4, -0.2) is 46.7 Å². The fourth-order valence-electron chi connectivity index (χ4n) is 2.19. The summed E-state index contributed by atoms with van der Waals surface area (Å²) in [5.41, 5.74) is 0.728. The molecule has 19 heavy (non-hydrogen) atoms. The van der Waals surface area contributed by atoms with Crippen molar-refractivity contribution in [2.75, 3.05) is 26.3 Å². The third kappa shape index (κ3) is 3.61. The van der Waals surface area contributed by atoms with E-state index in [9.17, 15) is 4.79 Å². The van der Waals surface area contributed by atoms with E-state index in [1.165, 1.54) is 11.5 Å². The summed E-state index contributed by atoms with van der Waals surface area (Å²) in [5, 5.41) is 3.89. The number of nitrogens with zero attached hydrogens (tertiary/aromatic N) is 3. The lowest BCUT2D eigenvalue weighted by atomic mass is 9.97. The normalized spacial score (nSPS) is 16.6. The van der Waals surface area contributed by atoms with E-state index in [1.807, 2.05) is 11.8 Å². The number of ether oxygens (including phenoxy) is 1. The molecule has 104 valence electrons. The topological polar surface area (TPSA) is 55.3 Å². The number of carbonyl (C=O) groups is 1. The van der Waals surface area contributed by atoms with Crippen molar-refractivity contribution in [3.8, 4) is 0 Å². The molecule has 5 nitrogen and oxygen atoms in total. The molecular weight excluding hydrogens is 262 g/mol. The molecule has 1 aromatic heterocycles. The summed E-state index contributed by atoms with van der Waals surface area (Å²) < 4.78 is 9.29. The number of aromatic nitrogens is 2. The highest BCUT2D eigenvalue weighted by atomic mass is 32.1. The van der Waals surface area contributed by atoms with E-state index in [-0.39, 0.29) is 5.91 Å². The first-order valence-electron chi connectivity index (χ1n) is 6.49. The van der Waals surface area contributed by atoms with Gasteiger partial charge in [0, 0.05) is 19.7 Å². The van der Waals surface area contributed by atoms with Gasteiger partial charge >= 0.3 is 0 Å². The molecule has 1 aliphatic heterocycles.